The highest BCUT2D eigenvalue weighted by atomic mass is 16.6. The van der Waals surface area contributed by atoms with E-state index in [0.717, 1.165) is 96.3 Å². The van der Waals surface area contributed by atoms with Gasteiger partial charge in [0.05, 0.1) is 6.42 Å². The maximum atomic E-state index is 12.8. The molecule has 398 valence electrons. The lowest BCUT2D eigenvalue weighted by molar-refractivity contribution is -0.166. The van der Waals surface area contributed by atoms with Crippen LogP contribution in [0.1, 0.15) is 258 Å². The van der Waals surface area contributed by atoms with E-state index in [4.69, 9.17) is 14.2 Å². The summed E-state index contributed by atoms with van der Waals surface area (Å²) in [5.74, 6) is -1.05. The van der Waals surface area contributed by atoms with Crippen molar-refractivity contribution >= 4 is 17.9 Å². The molecule has 0 saturated carbocycles. The van der Waals surface area contributed by atoms with Gasteiger partial charge in [-0.3, -0.25) is 14.4 Å². The molecule has 0 radical (unpaired) electrons. The minimum Gasteiger partial charge on any atom is -0.462 e. The number of carbonyl (C=O) groups excluding carboxylic acids is 3. The SMILES string of the molecule is CC/C=C\C/C=C\C/C=C\C/C=C\C/C=C\CC(=O)OC(COC(=O)CCCCCCCCCCCCCC)COC(=O)CCCCCCCCCCCCCC/C=C\C/C=C\C/C=C\C/C=C\CC. The molecule has 6 nitrogen and oxygen atoms in total. The number of allylic oxidation sites excluding steroid dienone is 17. The predicted octanol–water partition coefficient (Wildman–Crippen LogP) is 19.5. The highest BCUT2D eigenvalue weighted by molar-refractivity contribution is 5.72. The summed E-state index contributed by atoms with van der Waals surface area (Å²) >= 11 is 0. The lowest BCUT2D eigenvalue weighted by Crippen LogP contribution is -2.30. The molecule has 0 aromatic carbocycles. The number of hydrogen-bond acceptors (Lipinski definition) is 6. The summed E-state index contributed by atoms with van der Waals surface area (Å²) in [6, 6.07) is 0. The molecule has 0 bridgehead atoms. The Morgan fingerprint density at radius 2 is 0.600 bits per heavy atom. The van der Waals surface area contributed by atoms with Crippen LogP contribution < -0.4 is 0 Å². The van der Waals surface area contributed by atoms with Gasteiger partial charge in [0.15, 0.2) is 6.10 Å². The van der Waals surface area contributed by atoms with Gasteiger partial charge in [-0.2, -0.15) is 0 Å². The van der Waals surface area contributed by atoms with Gasteiger partial charge in [-0.05, 0) is 83.5 Å². The molecule has 1 unspecified atom stereocenters. The van der Waals surface area contributed by atoms with Crippen LogP contribution in [0.4, 0.5) is 0 Å². The van der Waals surface area contributed by atoms with E-state index in [1.165, 1.54) is 122 Å². The Hall–Kier alpha value is -3.93. The molecule has 0 rings (SSSR count). The molecule has 0 saturated heterocycles. The van der Waals surface area contributed by atoms with Crippen molar-refractivity contribution in [1.82, 2.24) is 0 Å². The van der Waals surface area contributed by atoms with Gasteiger partial charge in [0.2, 0.25) is 0 Å². The van der Waals surface area contributed by atoms with E-state index in [2.05, 4.69) is 118 Å². The Morgan fingerprint density at radius 3 is 0.943 bits per heavy atom. The van der Waals surface area contributed by atoms with E-state index < -0.39 is 12.1 Å². The van der Waals surface area contributed by atoms with Crippen molar-refractivity contribution in [2.24, 2.45) is 0 Å². The summed E-state index contributed by atoms with van der Waals surface area (Å²) in [5, 5.41) is 0. The van der Waals surface area contributed by atoms with Crippen LogP contribution in [-0.4, -0.2) is 37.2 Å². The van der Waals surface area contributed by atoms with Crippen LogP contribution in [-0.2, 0) is 28.6 Å². The van der Waals surface area contributed by atoms with E-state index in [-0.39, 0.29) is 31.6 Å². The van der Waals surface area contributed by atoms with Crippen molar-refractivity contribution in [1.29, 1.82) is 0 Å². The Bertz CT molecular complexity index is 1440. The summed E-state index contributed by atoms with van der Waals surface area (Å²) in [7, 11) is 0. The lowest BCUT2D eigenvalue weighted by atomic mass is 10.0. The fourth-order valence-electron chi connectivity index (χ4n) is 7.80. The number of esters is 3. The third-order valence-corrected chi connectivity index (χ3v) is 12.1. The average molecular weight is 972 g/mol. The second kappa shape index (κ2) is 57.6. The van der Waals surface area contributed by atoms with Gasteiger partial charge in [0.1, 0.15) is 13.2 Å². The quantitative estimate of drug-likeness (QED) is 0.0262. The molecular weight excluding hydrogens is 865 g/mol. The van der Waals surface area contributed by atoms with Crippen LogP contribution in [0.5, 0.6) is 0 Å². The third kappa shape index (κ3) is 55.0. The topological polar surface area (TPSA) is 78.9 Å². The van der Waals surface area contributed by atoms with E-state index in [1.54, 1.807) is 6.08 Å². The van der Waals surface area contributed by atoms with Gasteiger partial charge in [0, 0.05) is 12.8 Å². The molecule has 0 fully saturated rings. The molecular formula is C64H106O6. The predicted molar refractivity (Wildman–Crippen MR) is 302 cm³/mol. The maximum absolute atomic E-state index is 12.8. The van der Waals surface area contributed by atoms with Gasteiger partial charge in [-0.15, -0.1) is 0 Å². The van der Waals surface area contributed by atoms with Crippen molar-refractivity contribution in [3.63, 3.8) is 0 Å². The summed E-state index contributed by atoms with van der Waals surface area (Å²) in [6.45, 7) is 6.33. The molecule has 6 heteroatoms. The molecule has 0 aromatic heterocycles. The maximum Gasteiger partial charge on any atom is 0.310 e. The highest BCUT2D eigenvalue weighted by Crippen LogP contribution is 2.15. The second-order valence-electron chi connectivity index (χ2n) is 18.8. The van der Waals surface area contributed by atoms with Crippen LogP contribution >= 0.6 is 0 Å². The first-order chi connectivity index (χ1) is 34.5. The van der Waals surface area contributed by atoms with Crippen molar-refractivity contribution in [3.8, 4) is 0 Å². The second-order valence-corrected chi connectivity index (χ2v) is 18.8. The van der Waals surface area contributed by atoms with Crippen molar-refractivity contribution < 1.29 is 28.6 Å². The van der Waals surface area contributed by atoms with Gasteiger partial charge in [-0.25, -0.2) is 0 Å². The summed E-state index contributed by atoms with van der Waals surface area (Å²) in [4.78, 5) is 38.0. The minimum atomic E-state index is -0.832. The zero-order valence-electron chi connectivity index (χ0n) is 45.5. The summed E-state index contributed by atoms with van der Waals surface area (Å²) < 4.78 is 16.7. The molecule has 0 aromatic rings. The average Bonchev–Trinajstić information content (AvgIpc) is 3.36. The summed E-state index contributed by atoms with van der Waals surface area (Å²) in [6.07, 6.45) is 78.3. The number of unbranched alkanes of at least 4 members (excludes halogenated alkanes) is 23. The molecule has 0 aliphatic heterocycles. The lowest BCUT2D eigenvalue weighted by Gasteiger charge is -2.18. The van der Waals surface area contributed by atoms with Crippen molar-refractivity contribution in [2.75, 3.05) is 13.2 Å². The normalized spacial score (nSPS) is 12.9. The van der Waals surface area contributed by atoms with E-state index >= 15 is 0 Å². The molecule has 0 aliphatic carbocycles. The van der Waals surface area contributed by atoms with Gasteiger partial charge in [-0.1, -0.05) is 265 Å². The third-order valence-electron chi connectivity index (χ3n) is 12.1. The standard InChI is InChI=1S/C64H106O6/c1-4-7-10-13-16-19-22-25-27-28-29-30-31-32-33-34-35-36-38-39-42-45-48-51-54-57-63(66)69-60-61(59-68-62(65)56-53-50-47-44-41-24-21-18-15-12-9-6-3)70-64(67)58-55-52-49-46-43-40-37-26-23-20-17-14-11-8-5-2/h7-8,10-11,16-17,19-20,25-27,29-30,37,43,46,52,55,61H,4-6,9,12-15,18,21-24,28,31-36,38-42,44-45,47-51,53-54,56-60H2,1-3H3/b10-7-,11-8-,19-16-,20-17-,27-25-,30-29-,37-26-,46-43-,55-52-. The zero-order valence-corrected chi connectivity index (χ0v) is 45.5. The first-order valence-corrected chi connectivity index (χ1v) is 28.9. The van der Waals surface area contributed by atoms with E-state index in [9.17, 15) is 14.4 Å². The first-order valence-electron chi connectivity index (χ1n) is 28.9. The monoisotopic (exact) mass is 971 g/mol. The minimum absolute atomic E-state index is 0.0958. The number of carbonyl (C=O) groups is 3. The van der Waals surface area contributed by atoms with Crippen LogP contribution in [0.15, 0.2) is 109 Å². The summed E-state index contributed by atoms with van der Waals surface area (Å²) in [5.41, 5.74) is 0. The fourth-order valence-corrected chi connectivity index (χ4v) is 7.80. The van der Waals surface area contributed by atoms with E-state index in [0.29, 0.717) is 12.8 Å². The number of ether oxygens (including phenoxy) is 3. The molecule has 0 heterocycles. The Kier molecular flexibility index (Phi) is 54.4. The van der Waals surface area contributed by atoms with Gasteiger partial charge >= 0.3 is 17.9 Å². The molecule has 70 heavy (non-hydrogen) atoms. The molecule has 0 amide bonds. The van der Waals surface area contributed by atoms with Crippen molar-refractivity contribution in [3.05, 3.63) is 109 Å². The largest absolute Gasteiger partial charge is 0.462 e. The van der Waals surface area contributed by atoms with Crippen LogP contribution in [0.2, 0.25) is 0 Å². The zero-order chi connectivity index (χ0) is 50.7. The van der Waals surface area contributed by atoms with Crippen LogP contribution in [0.25, 0.3) is 0 Å². The Balaban J connectivity index is 4.36. The molecule has 0 N–H and O–H groups in total. The first kappa shape index (κ1) is 66.1. The van der Waals surface area contributed by atoms with Crippen LogP contribution in [0.3, 0.4) is 0 Å². The molecule has 0 spiro atoms. The van der Waals surface area contributed by atoms with Gasteiger partial charge < -0.3 is 14.2 Å². The van der Waals surface area contributed by atoms with Crippen LogP contribution in [0, 0.1) is 0 Å². The molecule has 1 atom stereocenters. The fraction of sp³-hybridized carbons (Fsp3) is 0.672. The highest BCUT2D eigenvalue weighted by Gasteiger charge is 2.19. The Morgan fingerprint density at radius 1 is 0.314 bits per heavy atom. The smallest absolute Gasteiger partial charge is 0.310 e. The number of hydrogen-bond donors (Lipinski definition) is 0. The number of rotatable bonds is 51. The van der Waals surface area contributed by atoms with Crippen molar-refractivity contribution in [2.45, 2.75) is 264 Å². The molecule has 0 aliphatic rings. The Labute approximate surface area is 431 Å². The van der Waals surface area contributed by atoms with E-state index in [1.807, 2.05) is 6.08 Å². The van der Waals surface area contributed by atoms with Gasteiger partial charge in [0.25, 0.3) is 0 Å².